The van der Waals surface area contributed by atoms with Gasteiger partial charge >= 0.3 is 0 Å². The van der Waals surface area contributed by atoms with Crippen molar-refractivity contribution in [3.05, 3.63) is 71.3 Å². The van der Waals surface area contributed by atoms with E-state index in [4.69, 9.17) is 11.6 Å². The van der Waals surface area contributed by atoms with Gasteiger partial charge in [-0.15, -0.1) is 11.6 Å². The third-order valence-corrected chi connectivity index (χ3v) is 3.30. The van der Waals surface area contributed by atoms with Crippen molar-refractivity contribution in [3.63, 3.8) is 0 Å². The highest BCUT2D eigenvalue weighted by Gasteiger charge is 2.15. The van der Waals surface area contributed by atoms with Crippen LogP contribution in [0.15, 0.2) is 48.5 Å². The van der Waals surface area contributed by atoms with Gasteiger partial charge in [0.25, 0.3) is 0 Å². The summed E-state index contributed by atoms with van der Waals surface area (Å²) < 4.78 is 26.5. The van der Waals surface area contributed by atoms with Crippen LogP contribution in [0.2, 0.25) is 0 Å². The summed E-state index contributed by atoms with van der Waals surface area (Å²) in [6.07, 6.45) is 0.602. The Morgan fingerprint density at radius 3 is 2.22 bits per heavy atom. The second-order valence-electron chi connectivity index (χ2n) is 4.20. The molecule has 3 heteroatoms. The van der Waals surface area contributed by atoms with Crippen molar-refractivity contribution in [2.75, 3.05) is 5.88 Å². The first-order valence-electron chi connectivity index (χ1n) is 5.75. The zero-order valence-corrected chi connectivity index (χ0v) is 10.5. The van der Waals surface area contributed by atoms with Crippen LogP contribution in [0.5, 0.6) is 0 Å². The average molecular weight is 267 g/mol. The van der Waals surface area contributed by atoms with Crippen LogP contribution in [-0.4, -0.2) is 5.88 Å². The molecule has 0 amide bonds. The van der Waals surface area contributed by atoms with Crippen molar-refractivity contribution in [2.24, 2.45) is 0 Å². The first-order valence-corrected chi connectivity index (χ1v) is 6.29. The lowest BCUT2D eigenvalue weighted by Gasteiger charge is -2.15. The molecule has 0 aliphatic rings. The Kier molecular flexibility index (Phi) is 4.32. The molecule has 2 aromatic carbocycles. The summed E-state index contributed by atoms with van der Waals surface area (Å²) in [6, 6.07) is 12.8. The van der Waals surface area contributed by atoms with Crippen LogP contribution in [0.4, 0.5) is 8.78 Å². The van der Waals surface area contributed by atoms with E-state index in [0.29, 0.717) is 17.9 Å². The standard InChI is InChI=1S/C15H13ClF2/c16-10-12(14-3-1-2-4-15(14)18)9-11-5-7-13(17)8-6-11/h1-8,12H,9-10H2. The van der Waals surface area contributed by atoms with Gasteiger partial charge in [-0.2, -0.15) is 0 Å². The molecule has 0 N–H and O–H groups in total. The van der Waals surface area contributed by atoms with Gasteiger partial charge in [0.15, 0.2) is 0 Å². The number of hydrogen-bond donors (Lipinski definition) is 0. The summed E-state index contributed by atoms with van der Waals surface area (Å²) >= 11 is 5.91. The van der Waals surface area contributed by atoms with E-state index in [0.717, 1.165) is 5.56 Å². The highest BCUT2D eigenvalue weighted by Crippen LogP contribution is 2.24. The SMILES string of the molecule is Fc1ccc(CC(CCl)c2ccccc2F)cc1. The van der Waals surface area contributed by atoms with Crippen LogP contribution >= 0.6 is 11.6 Å². The Labute approximate surface area is 110 Å². The molecule has 0 nitrogen and oxygen atoms in total. The molecule has 0 aliphatic carbocycles. The first-order chi connectivity index (χ1) is 8.70. The maximum atomic E-state index is 13.7. The van der Waals surface area contributed by atoms with E-state index in [1.807, 2.05) is 0 Å². The normalized spacial score (nSPS) is 12.4. The molecule has 94 valence electrons. The number of alkyl halides is 1. The summed E-state index contributed by atoms with van der Waals surface area (Å²) in [5, 5.41) is 0. The van der Waals surface area contributed by atoms with Crippen LogP contribution in [0.3, 0.4) is 0 Å². The van der Waals surface area contributed by atoms with Crippen LogP contribution < -0.4 is 0 Å². The zero-order chi connectivity index (χ0) is 13.0. The number of hydrogen-bond acceptors (Lipinski definition) is 0. The van der Waals surface area contributed by atoms with Gasteiger partial charge in [-0.3, -0.25) is 0 Å². The predicted octanol–water partition coefficient (Wildman–Crippen LogP) is 4.53. The van der Waals surface area contributed by atoms with Gasteiger partial charge in [0, 0.05) is 11.8 Å². The smallest absolute Gasteiger partial charge is 0.126 e. The van der Waals surface area contributed by atoms with E-state index in [1.165, 1.54) is 18.2 Å². The van der Waals surface area contributed by atoms with E-state index in [2.05, 4.69) is 0 Å². The van der Waals surface area contributed by atoms with Crippen molar-refractivity contribution in [1.82, 2.24) is 0 Å². The maximum Gasteiger partial charge on any atom is 0.126 e. The third-order valence-electron chi connectivity index (χ3n) is 2.93. The number of rotatable bonds is 4. The van der Waals surface area contributed by atoms with E-state index in [1.54, 1.807) is 30.3 Å². The molecule has 0 bridgehead atoms. The molecule has 0 aliphatic heterocycles. The molecule has 0 saturated heterocycles. The fraction of sp³-hybridized carbons (Fsp3) is 0.200. The zero-order valence-electron chi connectivity index (χ0n) is 9.74. The van der Waals surface area contributed by atoms with Crippen LogP contribution in [-0.2, 0) is 6.42 Å². The minimum atomic E-state index is -0.271. The molecule has 2 aromatic rings. The Hall–Kier alpha value is -1.41. The summed E-state index contributed by atoms with van der Waals surface area (Å²) in [6.45, 7) is 0. The lowest BCUT2D eigenvalue weighted by molar-refractivity contribution is 0.588. The Bertz CT molecular complexity index is 508. The third kappa shape index (κ3) is 3.08. The average Bonchev–Trinajstić information content (AvgIpc) is 2.39. The fourth-order valence-corrected chi connectivity index (χ4v) is 2.23. The molecule has 1 unspecified atom stereocenters. The molecular weight excluding hydrogens is 254 g/mol. The lowest BCUT2D eigenvalue weighted by Crippen LogP contribution is -2.07. The van der Waals surface area contributed by atoms with Crippen molar-refractivity contribution in [3.8, 4) is 0 Å². The van der Waals surface area contributed by atoms with Gasteiger partial charge in [0.1, 0.15) is 11.6 Å². The summed E-state index contributed by atoms with van der Waals surface area (Å²) in [7, 11) is 0. The quantitative estimate of drug-likeness (QED) is 0.713. The molecule has 2 rings (SSSR count). The molecule has 18 heavy (non-hydrogen) atoms. The molecule has 0 aromatic heterocycles. The topological polar surface area (TPSA) is 0 Å². The fourth-order valence-electron chi connectivity index (χ4n) is 1.96. The largest absolute Gasteiger partial charge is 0.207 e. The van der Waals surface area contributed by atoms with E-state index >= 15 is 0 Å². The Morgan fingerprint density at radius 2 is 1.61 bits per heavy atom. The second-order valence-corrected chi connectivity index (χ2v) is 4.51. The van der Waals surface area contributed by atoms with Crippen LogP contribution in [0, 0.1) is 11.6 Å². The Morgan fingerprint density at radius 1 is 0.944 bits per heavy atom. The summed E-state index contributed by atoms with van der Waals surface area (Å²) in [5.41, 5.74) is 1.56. The molecule has 0 radical (unpaired) electrons. The van der Waals surface area contributed by atoms with E-state index in [-0.39, 0.29) is 17.6 Å². The number of halogens is 3. The maximum absolute atomic E-state index is 13.7. The van der Waals surface area contributed by atoms with Gasteiger partial charge in [0.2, 0.25) is 0 Å². The number of benzene rings is 2. The minimum absolute atomic E-state index is 0.0988. The molecular formula is C15H13ClF2. The second kappa shape index (κ2) is 5.96. The van der Waals surface area contributed by atoms with Crippen molar-refractivity contribution in [2.45, 2.75) is 12.3 Å². The van der Waals surface area contributed by atoms with E-state index in [9.17, 15) is 8.78 Å². The molecule has 0 spiro atoms. The van der Waals surface area contributed by atoms with Gasteiger partial charge < -0.3 is 0 Å². The van der Waals surface area contributed by atoms with Crippen molar-refractivity contribution >= 4 is 11.6 Å². The van der Waals surface area contributed by atoms with E-state index < -0.39 is 0 Å². The molecule has 0 heterocycles. The molecule has 0 saturated carbocycles. The summed E-state index contributed by atoms with van der Waals surface area (Å²) in [5.74, 6) is -0.283. The van der Waals surface area contributed by atoms with Crippen LogP contribution in [0.1, 0.15) is 17.0 Å². The Balaban J connectivity index is 2.20. The van der Waals surface area contributed by atoms with Gasteiger partial charge in [-0.1, -0.05) is 30.3 Å². The van der Waals surface area contributed by atoms with Crippen LogP contribution in [0.25, 0.3) is 0 Å². The van der Waals surface area contributed by atoms with Crippen molar-refractivity contribution in [1.29, 1.82) is 0 Å². The summed E-state index contributed by atoms with van der Waals surface area (Å²) in [4.78, 5) is 0. The van der Waals surface area contributed by atoms with Gasteiger partial charge in [-0.25, -0.2) is 8.78 Å². The minimum Gasteiger partial charge on any atom is -0.207 e. The van der Waals surface area contributed by atoms with Gasteiger partial charge in [-0.05, 0) is 35.7 Å². The highest BCUT2D eigenvalue weighted by atomic mass is 35.5. The lowest BCUT2D eigenvalue weighted by atomic mass is 9.93. The molecule has 0 fully saturated rings. The monoisotopic (exact) mass is 266 g/mol. The van der Waals surface area contributed by atoms with Crippen molar-refractivity contribution < 1.29 is 8.78 Å². The molecule has 1 atom stereocenters. The first kappa shape index (κ1) is 13.0. The highest BCUT2D eigenvalue weighted by molar-refractivity contribution is 6.18. The predicted molar refractivity (Wildman–Crippen MR) is 70.0 cm³/mol. The van der Waals surface area contributed by atoms with Gasteiger partial charge in [0.05, 0.1) is 0 Å².